The monoisotopic (exact) mass is 424 g/mol. The Morgan fingerprint density at radius 2 is 1.80 bits per heavy atom. The maximum atomic E-state index is 12.6. The van der Waals surface area contributed by atoms with Gasteiger partial charge in [-0.3, -0.25) is 15.1 Å². The first-order valence-electron chi connectivity index (χ1n) is 9.58. The van der Waals surface area contributed by atoms with Crippen molar-refractivity contribution >= 4 is 23.4 Å². The molecule has 7 heteroatoms. The predicted octanol–water partition coefficient (Wildman–Crippen LogP) is 4.94. The molecule has 2 unspecified atom stereocenters. The summed E-state index contributed by atoms with van der Waals surface area (Å²) < 4.78 is 4.96. The maximum absolute atomic E-state index is 12.6. The number of allylic oxidation sites excluding steroid dienone is 1. The van der Waals surface area contributed by atoms with Crippen LogP contribution in [-0.4, -0.2) is 29.8 Å². The number of aryl methyl sites for hydroxylation is 1. The highest BCUT2D eigenvalue weighted by atomic mass is 32.2. The molecule has 3 rings (SSSR count). The van der Waals surface area contributed by atoms with Crippen LogP contribution in [0.3, 0.4) is 0 Å². The van der Waals surface area contributed by atoms with Crippen molar-refractivity contribution in [2.24, 2.45) is 4.99 Å². The van der Waals surface area contributed by atoms with Gasteiger partial charge >= 0.3 is 5.97 Å². The molecule has 1 aliphatic rings. The van der Waals surface area contributed by atoms with Gasteiger partial charge in [0.15, 0.2) is 0 Å². The van der Waals surface area contributed by atoms with Gasteiger partial charge in [0, 0.05) is 21.3 Å². The van der Waals surface area contributed by atoms with Crippen molar-refractivity contribution in [1.29, 1.82) is 0 Å². The van der Waals surface area contributed by atoms with E-state index in [9.17, 15) is 14.9 Å². The molecule has 0 radical (unpaired) electrons. The van der Waals surface area contributed by atoms with Crippen LogP contribution in [-0.2, 0) is 15.3 Å². The van der Waals surface area contributed by atoms with E-state index in [2.05, 4.69) is 29.3 Å². The summed E-state index contributed by atoms with van der Waals surface area (Å²) in [5.41, 5.74) is 4.18. The van der Waals surface area contributed by atoms with Crippen LogP contribution in [0.1, 0.15) is 36.5 Å². The van der Waals surface area contributed by atoms with E-state index in [0.717, 1.165) is 21.8 Å². The normalized spacial score (nSPS) is 18.7. The van der Waals surface area contributed by atoms with E-state index in [1.807, 2.05) is 31.2 Å². The van der Waals surface area contributed by atoms with Crippen LogP contribution in [0.2, 0.25) is 0 Å². The highest BCUT2D eigenvalue weighted by molar-refractivity contribution is 7.98. The number of hydrogen-bond acceptors (Lipinski definition) is 6. The first-order chi connectivity index (χ1) is 14.3. The molecule has 6 nitrogen and oxygen atoms in total. The van der Waals surface area contributed by atoms with Crippen LogP contribution in [0.4, 0.5) is 0 Å². The molecular formula is C23H24N2O4S. The Labute approximate surface area is 180 Å². The molecule has 2 atom stereocenters. The third-order valence-corrected chi connectivity index (χ3v) is 6.35. The van der Waals surface area contributed by atoms with Gasteiger partial charge in [0.25, 0.3) is 6.04 Å². The number of nitrogens with zero attached hydrogens (tertiary/aromatic N) is 2. The Morgan fingerprint density at radius 1 is 1.13 bits per heavy atom. The minimum Gasteiger partial charge on any atom is -0.466 e. The molecule has 0 saturated heterocycles. The molecule has 30 heavy (non-hydrogen) atoms. The second-order valence-electron chi connectivity index (χ2n) is 7.26. The molecule has 0 N–H and O–H groups in total. The van der Waals surface area contributed by atoms with E-state index in [4.69, 9.17) is 4.74 Å². The van der Waals surface area contributed by atoms with Crippen molar-refractivity contribution in [2.75, 3.05) is 7.11 Å². The summed E-state index contributed by atoms with van der Waals surface area (Å²) in [7, 11) is 1.28. The van der Waals surface area contributed by atoms with Crippen molar-refractivity contribution in [2.45, 2.75) is 43.4 Å². The first-order valence-corrected chi connectivity index (χ1v) is 10.6. The molecule has 0 bridgehead atoms. The fourth-order valence-electron chi connectivity index (χ4n) is 3.71. The quantitative estimate of drug-likeness (QED) is 0.284. The summed E-state index contributed by atoms with van der Waals surface area (Å²) in [6.07, 6.45) is 0. The van der Waals surface area contributed by atoms with Crippen LogP contribution in [0, 0.1) is 17.0 Å². The molecule has 0 amide bonds. The summed E-state index contributed by atoms with van der Waals surface area (Å²) >= 11 is 1.60. The zero-order valence-electron chi connectivity index (χ0n) is 17.4. The number of ether oxygens (including phenoxy) is 1. The van der Waals surface area contributed by atoms with E-state index in [1.165, 1.54) is 12.7 Å². The lowest BCUT2D eigenvalue weighted by molar-refractivity contribution is -0.505. The Hall–Kier alpha value is -2.93. The van der Waals surface area contributed by atoms with E-state index < -0.39 is 17.9 Å². The summed E-state index contributed by atoms with van der Waals surface area (Å²) in [5, 5.41) is 12.0. The number of benzene rings is 2. The van der Waals surface area contributed by atoms with Gasteiger partial charge in [-0.1, -0.05) is 48.0 Å². The van der Waals surface area contributed by atoms with E-state index >= 15 is 0 Å². The minimum atomic E-state index is -1.12. The zero-order chi connectivity index (χ0) is 21.8. The van der Waals surface area contributed by atoms with E-state index in [1.54, 1.807) is 25.6 Å². The summed E-state index contributed by atoms with van der Waals surface area (Å²) in [6.45, 7) is 5.38. The fraction of sp³-hybridized carbons (Fsp3) is 0.304. The lowest BCUT2D eigenvalue weighted by Crippen LogP contribution is -2.40. The van der Waals surface area contributed by atoms with Crippen molar-refractivity contribution in [3.8, 4) is 0 Å². The Kier molecular flexibility index (Phi) is 6.72. The molecule has 2 aromatic carbocycles. The topological polar surface area (TPSA) is 81.8 Å². The number of methoxy groups -OCH3 is 1. The molecule has 0 spiro atoms. The average Bonchev–Trinajstić information content (AvgIpc) is 2.72. The van der Waals surface area contributed by atoms with Gasteiger partial charge in [-0.15, -0.1) is 11.8 Å². The van der Waals surface area contributed by atoms with Crippen molar-refractivity contribution in [3.05, 3.63) is 86.6 Å². The molecule has 0 saturated carbocycles. The standard InChI is InChI=1S/C23H24N2O4S/c1-14-9-11-17(12-10-14)13-30-19-8-6-5-7-18(19)21-20(23(26)29-4)15(2)24-16(3)22(21)25(27)28/h5-12,21-22H,13H2,1-4H3. The molecule has 156 valence electrons. The molecular weight excluding hydrogens is 400 g/mol. The number of carbonyl (C=O) groups excluding carboxylic acids is 1. The van der Waals surface area contributed by atoms with Crippen LogP contribution < -0.4 is 0 Å². The van der Waals surface area contributed by atoms with Gasteiger partial charge in [0.1, 0.15) is 0 Å². The second-order valence-corrected chi connectivity index (χ2v) is 8.28. The van der Waals surface area contributed by atoms with Crippen LogP contribution in [0.25, 0.3) is 0 Å². The van der Waals surface area contributed by atoms with Crippen LogP contribution in [0.5, 0.6) is 0 Å². The number of aliphatic imine (C=N–C) groups is 1. The molecule has 0 aromatic heterocycles. The number of thioether (sulfide) groups is 1. The van der Waals surface area contributed by atoms with Gasteiger partial charge < -0.3 is 4.74 Å². The summed E-state index contributed by atoms with van der Waals surface area (Å²) in [5.74, 6) is -0.623. The zero-order valence-corrected chi connectivity index (χ0v) is 18.2. The number of nitro groups is 1. The van der Waals surface area contributed by atoms with Crippen LogP contribution >= 0.6 is 11.8 Å². The van der Waals surface area contributed by atoms with Gasteiger partial charge in [0.05, 0.1) is 24.3 Å². The largest absolute Gasteiger partial charge is 0.466 e. The van der Waals surface area contributed by atoms with Crippen molar-refractivity contribution in [3.63, 3.8) is 0 Å². The predicted molar refractivity (Wildman–Crippen MR) is 119 cm³/mol. The average molecular weight is 425 g/mol. The Balaban J connectivity index is 2.04. The highest BCUT2D eigenvalue weighted by Gasteiger charge is 2.45. The third kappa shape index (κ3) is 4.46. The molecule has 2 aromatic rings. The van der Waals surface area contributed by atoms with Gasteiger partial charge in [0.2, 0.25) is 0 Å². The number of esters is 1. The lowest BCUT2D eigenvalue weighted by atomic mass is 9.80. The Morgan fingerprint density at radius 3 is 2.43 bits per heavy atom. The summed E-state index contributed by atoms with van der Waals surface area (Å²) in [6, 6.07) is 14.7. The molecule has 1 heterocycles. The summed E-state index contributed by atoms with van der Waals surface area (Å²) in [4.78, 5) is 29.4. The third-order valence-electron chi connectivity index (χ3n) is 5.19. The van der Waals surface area contributed by atoms with Gasteiger partial charge in [-0.25, -0.2) is 4.79 Å². The first kappa shape index (κ1) is 21.8. The number of hydrogen-bond donors (Lipinski definition) is 0. The van der Waals surface area contributed by atoms with Gasteiger partial charge in [-0.05, 0) is 38.0 Å². The molecule has 1 aliphatic heterocycles. The van der Waals surface area contributed by atoms with Crippen molar-refractivity contribution < 1.29 is 14.5 Å². The van der Waals surface area contributed by atoms with E-state index in [0.29, 0.717) is 11.4 Å². The highest BCUT2D eigenvalue weighted by Crippen LogP contribution is 2.41. The fourth-order valence-corrected chi connectivity index (χ4v) is 4.76. The van der Waals surface area contributed by atoms with E-state index in [-0.39, 0.29) is 10.5 Å². The Bertz CT molecular complexity index is 1030. The SMILES string of the molecule is COC(=O)C1=C(C)N=C(C)C([N+](=O)[O-])C1c1ccccc1SCc1ccc(C)cc1. The smallest absolute Gasteiger partial charge is 0.336 e. The van der Waals surface area contributed by atoms with Crippen LogP contribution in [0.15, 0.2) is 69.7 Å². The number of carbonyl (C=O) groups is 1. The molecule has 0 aliphatic carbocycles. The number of rotatable bonds is 6. The van der Waals surface area contributed by atoms with Crippen molar-refractivity contribution in [1.82, 2.24) is 0 Å². The maximum Gasteiger partial charge on any atom is 0.336 e. The second kappa shape index (κ2) is 9.26. The lowest BCUT2D eigenvalue weighted by Gasteiger charge is -2.28. The minimum absolute atomic E-state index is 0.244. The van der Waals surface area contributed by atoms with Gasteiger partial charge in [-0.2, -0.15) is 0 Å². The molecule has 0 fully saturated rings.